The van der Waals surface area contributed by atoms with Crippen LogP contribution in [0.3, 0.4) is 0 Å². The van der Waals surface area contributed by atoms with Crippen molar-refractivity contribution in [3.05, 3.63) is 48.0 Å². The predicted octanol–water partition coefficient (Wildman–Crippen LogP) is 3.81. The summed E-state index contributed by atoms with van der Waals surface area (Å²) in [6.45, 7) is 0. The second-order valence-electron chi connectivity index (χ2n) is 3.74. The van der Waals surface area contributed by atoms with Gasteiger partial charge >= 0.3 is 6.18 Å². The van der Waals surface area contributed by atoms with Crippen molar-refractivity contribution in [3.63, 3.8) is 0 Å². The predicted molar refractivity (Wildman–Crippen MR) is 64.2 cm³/mol. The molecule has 0 fully saturated rings. The average Bonchev–Trinajstić information content (AvgIpc) is 2.38. The number of hydrogen-bond acceptors (Lipinski definition) is 2. The van der Waals surface area contributed by atoms with Gasteiger partial charge in [-0.1, -0.05) is 18.2 Å². The Kier molecular flexibility index (Phi) is 3.23. The van der Waals surface area contributed by atoms with Crippen molar-refractivity contribution in [1.29, 1.82) is 0 Å². The molecule has 1 aromatic carbocycles. The van der Waals surface area contributed by atoms with Crippen LogP contribution in [0, 0.1) is 0 Å². The van der Waals surface area contributed by atoms with Gasteiger partial charge in [-0.2, -0.15) is 13.2 Å². The van der Waals surface area contributed by atoms with Crippen molar-refractivity contribution in [2.75, 3.05) is 12.4 Å². The summed E-state index contributed by atoms with van der Waals surface area (Å²) in [6, 6.07) is 10.3. The fourth-order valence-corrected chi connectivity index (χ4v) is 1.59. The fraction of sp³-hybridized carbons (Fsp3) is 0.154. The summed E-state index contributed by atoms with van der Waals surface area (Å²) < 4.78 is 37.8. The van der Waals surface area contributed by atoms with Gasteiger partial charge in [0.2, 0.25) is 0 Å². The van der Waals surface area contributed by atoms with E-state index in [0.29, 0.717) is 17.1 Å². The van der Waals surface area contributed by atoms with E-state index in [4.69, 9.17) is 0 Å². The summed E-state index contributed by atoms with van der Waals surface area (Å²) >= 11 is 0. The van der Waals surface area contributed by atoms with Crippen molar-refractivity contribution in [3.8, 4) is 11.3 Å². The molecule has 0 atom stereocenters. The highest BCUT2D eigenvalue weighted by molar-refractivity contribution is 5.62. The monoisotopic (exact) mass is 252 g/mol. The molecule has 1 heterocycles. The number of anilines is 1. The van der Waals surface area contributed by atoms with Crippen LogP contribution < -0.4 is 5.32 Å². The lowest BCUT2D eigenvalue weighted by molar-refractivity contribution is -0.137. The Balaban J connectivity index is 2.44. The lowest BCUT2D eigenvalue weighted by Crippen LogP contribution is -2.04. The minimum atomic E-state index is -4.34. The molecule has 0 saturated carbocycles. The van der Waals surface area contributed by atoms with Crippen LogP contribution in [0.5, 0.6) is 0 Å². The third-order valence-electron chi connectivity index (χ3n) is 2.49. The number of nitrogens with one attached hydrogen (secondary N) is 1. The van der Waals surface area contributed by atoms with Crippen LogP contribution in [-0.2, 0) is 6.18 Å². The third-order valence-corrected chi connectivity index (χ3v) is 2.49. The summed E-state index contributed by atoms with van der Waals surface area (Å²) in [7, 11) is 1.71. The van der Waals surface area contributed by atoms with Crippen molar-refractivity contribution in [2.24, 2.45) is 0 Å². The van der Waals surface area contributed by atoms with Gasteiger partial charge in [-0.25, -0.2) is 4.98 Å². The normalized spacial score (nSPS) is 11.3. The zero-order chi connectivity index (χ0) is 13.2. The number of rotatable bonds is 2. The molecule has 0 bridgehead atoms. The van der Waals surface area contributed by atoms with Crippen LogP contribution in [0.25, 0.3) is 11.3 Å². The quantitative estimate of drug-likeness (QED) is 0.879. The maximum Gasteiger partial charge on any atom is 0.416 e. The molecule has 0 aliphatic rings. The van der Waals surface area contributed by atoms with Crippen molar-refractivity contribution < 1.29 is 13.2 Å². The highest BCUT2D eigenvalue weighted by atomic mass is 19.4. The van der Waals surface area contributed by atoms with Crippen LogP contribution in [0.1, 0.15) is 5.56 Å². The van der Waals surface area contributed by atoms with Gasteiger partial charge in [0, 0.05) is 12.6 Å². The summed E-state index contributed by atoms with van der Waals surface area (Å²) in [6.07, 6.45) is -4.34. The molecule has 0 spiro atoms. The Morgan fingerprint density at radius 3 is 2.44 bits per heavy atom. The van der Waals surface area contributed by atoms with E-state index in [0.717, 1.165) is 12.1 Å². The number of alkyl halides is 3. The van der Waals surface area contributed by atoms with Gasteiger partial charge < -0.3 is 5.32 Å². The maximum absolute atomic E-state index is 12.6. The molecule has 0 saturated heterocycles. The van der Waals surface area contributed by atoms with E-state index in [1.807, 2.05) is 0 Å². The molecule has 0 aliphatic heterocycles. The van der Waals surface area contributed by atoms with Crippen LogP contribution in [-0.4, -0.2) is 12.0 Å². The smallest absolute Gasteiger partial charge is 0.373 e. The number of benzene rings is 1. The first-order valence-electron chi connectivity index (χ1n) is 5.33. The fourth-order valence-electron chi connectivity index (χ4n) is 1.59. The summed E-state index contributed by atoms with van der Waals surface area (Å²) in [5.74, 6) is 0.616. The highest BCUT2D eigenvalue weighted by Crippen LogP contribution is 2.31. The molecule has 0 unspecified atom stereocenters. The molecule has 18 heavy (non-hydrogen) atoms. The van der Waals surface area contributed by atoms with Crippen molar-refractivity contribution in [2.45, 2.75) is 6.18 Å². The van der Waals surface area contributed by atoms with Gasteiger partial charge in [-0.3, -0.25) is 0 Å². The van der Waals surface area contributed by atoms with E-state index in [1.54, 1.807) is 31.3 Å². The lowest BCUT2D eigenvalue weighted by atomic mass is 10.1. The Morgan fingerprint density at radius 1 is 1.06 bits per heavy atom. The van der Waals surface area contributed by atoms with Gasteiger partial charge in [0.15, 0.2) is 0 Å². The minimum absolute atomic E-state index is 0.446. The number of aromatic nitrogens is 1. The van der Waals surface area contributed by atoms with Gasteiger partial charge in [0.25, 0.3) is 0 Å². The molecule has 0 aliphatic carbocycles. The van der Waals surface area contributed by atoms with Crippen LogP contribution >= 0.6 is 0 Å². The Bertz CT molecular complexity index is 550. The molecule has 2 aromatic rings. The number of nitrogens with zero attached hydrogens (tertiary/aromatic N) is 1. The van der Waals surface area contributed by atoms with Crippen molar-refractivity contribution in [1.82, 2.24) is 4.98 Å². The molecule has 5 heteroatoms. The average molecular weight is 252 g/mol. The number of pyridine rings is 1. The van der Waals surface area contributed by atoms with E-state index in [2.05, 4.69) is 10.3 Å². The molecule has 2 nitrogen and oxygen atoms in total. The molecule has 1 aromatic heterocycles. The zero-order valence-electron chi connectivity index (χ0n) is 9.62. The molecule has 0 amide bonds. The van der Waals surface area contributed by atoms with Gasteiger partial charge in [-0.15, -0.1) is 0 Å². The molecular weight excluding hydrogens is 241 g/mol. The Labute approximate surface area is 102 Å². The topological polar surface area (TPSA) is 24.9 Å². The third kappa shape index (κ3) is 2.61. The molecule has 1 N–H and O–H groups in total. The zero-order valence-corrected chi connectivity index (χ0v) is 9.62. The Morgan fingerprint density at radius 2 is 1.78 bits per heavy atom. The van der Waals surface area contributed by atoms with Crippen LogP contribution in [0.15, 0.2) is 42.5 Å². The first-order chi connectivity index (χ1) is 8.50. The van der Waals surface area contributed by atoms with Crippen LogP contribution in [0.4, 0.5) is 19.0 Å². The SMILES string of the molecule is CNc1cccc(-c2cccc(C(F)(F)F)c2)n1. The standard InChI is InChI=1S/C13H11F3N2/c1-17-12-7-3-6-11(18-12)9-4-2-5-10(8-9)13(14,15)16/h2-8H,1H3,(H,17,18). The maximum atomic E-state index is 12.6. The first-order valence-corrected chi connectivity index (χ1v) is 5.33. The number of halogens is 3. The molecule has 0 radical (unpaired) electrons. The molecule has 2 rings (SSSR count). The molecule has 94 valence electrons. The summed E-state index contributed by atoms with van der Waals surface area (Å²) in [4.78, 5) is 4.21. The summed E-state index contributed by atoms with van der Waals surface area (Å²) in [5, 5.41) is 2.85. The lowest BCUT2D eigenvalue weighted by Gasteiger charge is -2.09. The van der Waals surface area contributed by atoms with Gasteiger partial charge in [0.05, 0.1) is 11.3 Å². The van der Waals surface area contributed by atoms with Crippen molar-refractivity contribution >= 4 is 5.82 Å². The van der Waals surface area contributed by atoms with E-state index in [-0.39, 0.29) is 0 Å². The minimum Gasteiger partial charge on any atom is -0.373 e. The second-order valence-corrected chi connectivity index (χ2v) is 3.74. The molecular formula is C13H11F3N2. The van der Waals surface area contributed by atoms with E-state index in [1.165, 1.54) is 6.07 Å². The summed E-state index contributed by atoms with van der Waals surface area (Å²) in [5.41, 5.74) is 0.284. The van der Waals surface area contributed by atoms with E-state index < -0.39 is 11.7 Å². The Hall–Kier alpha value is -2.04. The highest BCUT2D eigenvalue weighted by Gasteiger charge is 2.30. The van der Waals surface area contributed by atoms with E-state index >= 15 is 0 Å². The van der Waals surface area contributed by atoms with Gasteiger partial charge in [0.1, 0.15) is 5.82 Å². The second kappa shape index (κ2) is 4.68. The number of hydrogen-bond donors (Lipinski definition) is 1. The van der Waals surface area contributed by atoms with Crippen LogP contribution in [0.2, 0.25) is 0 Å². The van der Waals surface area contributed by atoms with Gasteiger partial charge in [-0.05, 0) is 24.3 Å². The van der Waals surface area contributed by atoms with E-state index in [9.17, 15) is 13.2 Å². The largest absolute Gasteiger partial charge is 0.416 e. The first kappa shape index (κ1) is 12.4.